The minimum Gasteiger partial charge on any atom is -0.394 e. The second-order valence-corrected chi connectivity index (χ2v) is 6.68. The summed E-state index contributed by atoms with van der Waals surface area (Å²) < 4.78 is 22.5. The molecule has 5 heteroatoms. The molecule has 1 saturated carbocycles. The van der Waals surface area contributed by atoms with Crippen molar-refractivity contribution in [3.05, 3.63) is 0 Å². The molecule has 0 bridgehead atoms. The third-order valence-corrected chi connectivity index (χ3v) is 5.20. The van der Waals surface area contributed by atoms with Crippen LogP contribution in [-0.2, 0) is 9.84 Å². The van der Waals surface area contributed by atoms with Crippen molar-refractivity contribution < 1.29 is 13.5 Å². The van der Waals surface area contributed by atoms with Gasteiger partial charge in [0.05, 0.1) is 18.1 Å². The number of rotatable bonds is 2. The van der Waals surface area contributed by atoms with E-state index >= 15 is 0 Å². The predicted octanol–water partition coefficient (Wildman–Crippen LogP) is -0.368. The van der Waals surface area contributed by atoms with Gasteiger partial charge in [0.25, 0.3) is 0 Å². The molecule has 14 heavy (non-hydrogen) atoms. The molecule has 1 saturated heterocycles. The fourth-order valence-corrected chi connectivity index (χ4v) is 3.55. The largest absolute Gasteiger partial charge is 0.394 e. The number of hydrogen-bond donors (Lipinski definition) is 1. The van der Waals surface area contributed by atoms with Gasteiger partial charge >= 0.3 is 0 Å². The Balaban J connectivity index is 2.01. The van der Waals surface area contributed by atoms with Gasteiger partial charge in [-0.25, -0.2) is 8.42 Å². The van der Waals surface area contributed by atoms with Crippen LogP contribution in [0.3, 0.4) is 0 Å². The van der Waals surface area contributed by atoms with Crippen LogP contribution in [0.4, 0.5) is 0 Å². The van der Waals surface area contributed by atoms with Crippen LogP contribution in [0.25, 0.3) is 0 Å². The second-order valence-electron chi connectivity index (χ2n) is 4.37. The smallest absolute Gasteiger partial charge is 0.152 e. The molecule has 0 aromatic heterocycles. The van der Waals surface area contributed by atoms with Crippen molar-refractivity contribution in [2.75, 3.05) is 31.2 Å². The van der Waals surface area contributed by atoms with Crippen LogP contribution in [0.5, 0.6) is 0 Å². The lowest BCUT2D eigenvalue weighted by Crippen LogP contribution is -2.60. The molecule has 0 aromatic rings. The maximum atomic E-state index is 11.2. The summed E-state index contributed by atoms with van der Waals surface area (Å²) in [6.45, 7) is 1.37. The van der Waals surface area contributed by atoms with Gasteiger partial charge in [0.2, 0.25) is 0 Å². The highest BCUT2D eigenvalue weighted by molar-refractivity contribution is 7.91. The summed E-state index contributed by atoms with van der Waals surface area (Å²) in [4.78, 5) is 2.16. The third kappa shape index (κ3) is 1.68. The van der Waals surface area contributed by atoms with Gasteiger partial charge in [0.15, 0.2) is 9.84 Å². The van der Waals surface area contributed by atoms with Gasteiger partial charge in [-0.05, 0) is 19.3 Å². The first-order valence-electron chi connectivity index (χ1n) is 5.14. The van der Waals surface area contributed by atoms with Crippen molar-refractivity contribution in [3.8, 4) is 0 Å². The van der Waals surface area contributed by atoms with E-state index in [2.05, 4.69) is 4.90 Å². The number of sulfone groups is 1. The van der Waals surface area contributed by atoms with E-state index in [1.54, 1.807) is 0 Å². The molecule has 0 radical (unpaired) electrons. The number of nitrogens with zero attached hydrogens (tertiary/aromatic N) is 1. The molecule has 1 heterocycles. The Kier molecular flexibility index (Phi) is 2.57. The summed E-state index contributed by atoms with van der Waals surface area (Å²) in [5, 5.41) is 9.33. The molecule has 2 fully saturated rings. The molecule has 0 unspecified atom stereocenters. The van der Waals surface area contributed by atoms with Crippen molar-refractivity contribution in [2.24, 2.45) is 0 Å². The highest BCUT2D eigenvalue weighted by Gasteiger charge is 2.43. The van der Waals surface area contributed by atoms with E-state index in [1.165, 1.54) is 0 Å². The normalized spacial score (nSPS) is 30.9. The molecule has 4 nitrogen and oxygen atoms in total. The lowest BCUT2D eigenvalue weighted by atomic mass is 9.76. The lowest BCUT2D eigenvalue weighted by Gasteiger charge is -2.50. The van der Waals surface area contributed by atoms with Gasteiger partial charge in [0, 0.05) is 18.6 Å². The van der Waals surface area contributed by atoms with Crippen molar-refractivity contribution in [2.45, 2.75) is 24.8 Å². The molecule has 1 aliphatic carbocycles. The molecule has 2 aliphatic rings. The van der Waals surface area contributed by atoms with Crippen LogP contribution in [0.15, 0.2) is 0 Å². The fourth-order valence-electron chi connectivity index (χ4n) is 2.35. The number of aliphatic hydroxyl groups excluding tert-OH is 1. The maximum Gasteiger partial charge on any atom is 0.152 e. The zero-order chi connectivity index (χ0) is 10.2. The first kappa shape index (κ1) is 10.4. The van der Waals surface area contributed by atoms with Gasteiger partial charge in [-0.3, -0.25) is 4.90 Å². The van der Waals surface area contributed by atoms with Crippen LogP contribution in [0.1, 0.15) is 19.3 Å². The quantitative estimate of drug-likeness (QED) is 0.688. The molecule has 1 aliphatic heterocycles. The van der Waals surface area contributed by atoms with Gasteiger partial charge in [-0.1, -0.05) is 0 Å². The van der Waals surface area contributed by atoms with Crippen molar-refractivity contribution in [1.82, 2.24) is 4.90 Å². The summed E-state index contributed by atoms with van der Waals surface area (Å²) in [5.41, 5.74) is -0.0735. The number of hydrogen-bond acceptors (Lipinski definition) is 4. The minimum atomic E-state index is -2.79. The Morgan fingerprint density at radius 2 is 1.79 bits per heavy atom. The van der Waals surface area contributed by atoms with Crippen LogP contribution in [-0.4, -0.2) is 55.2 Å². The zero-order valence-corrected chi connectivity index (χ0v) is 9.09. The van der Waals surface area contributed by atoms with E-state index in [1.807, 2.05) is 0 Å². The van der Waals surface area contributed by atoms with E-state index in [0.717, 1.165) is 19.3 Å². The highest BCUT2D eigenvalue weighted by atomic mass is 32.2. The molecule has 0 amide bonds. The zero-order valence-electron chi connectivity index (χ0n) is 8.28. The van der Waals surface area contributed by atoms with Crippen molar-refractivity contribution in [1.29, 1.82) is 0 Å². The van der Waals surface area contributed by atoms with E-state index < -0.39 is 9.84 Å². The van der Waals surface area contributed by atoms with Crippen molar-refractivity contribution >= 4 is 9.84 Å². The molecule has 1 N–H and O–H groups in total. The maximum absolute atomic E-state index is 11.2. The number of aliphatic hydroxyl groups is 1. The first-order chi connectivity index (χ1) is 6.58. The van der Waals surface area contributed by atoms with Crippen LogP contribution in [0, 0.1) is 0 Å². The predicted molar refractivity (Wildman–Crippen MR) is 53.9 cm³/mol. The van der Waals surface area contributed by atoms with E-state index in [0.29, 0.717) is 13.1 Å². The topological polar surface area (TPSA) is 57.6 Å². The average molecular weight is 219 g/mol. The molecule has 0 aromatic carbocycles. The van der Waals surface area contributed by atoms with Gasteiger partial charge in [0.1, 0.15) is 0 Å². The summed E-state index contributed by atoms with van der Waals surface area (Å²) in [6, 6.07) is 0. The van der Waals surface area contributed by atoms with Crippen LogP contribution < -0.4 is 0 Å². The Morgan fingerprint density at radius 3 is 2.14 bits per heavy atom. The van der Waals surface area contributed by atoms with Crippen molar-refractivity contribution in [3.63, 3.8) is 0 Å². The summed E-state index contributed by atoms with van der Waals surface area (Å²) in [5.74, 6) is 0.517. The molecule has 0 atom stereocenters. The average Bonchev–Trinajstić information content (AvgIpc) is 2.06. The van der Waals surface area contributed by atoms with Gasteiger partial charge in [-0.15, -0.1) is 0 Å². The Hall–Kier alpha value is -0.130. The van der Waals surface area contributed by atoms with E-state index in [9.17, 15) is 13.5 Å². The van der Waals surface area contributed by atoms with Gasteiger partial charge < -0.3 is 5.11 Å². The monoisotopic (exact) mass is 219 g/mol. The third-order valence-electron chi connectivity index (χ3n) is 3.59. The minimum absolute atomic E-state index is 0.0735. The molecular weight excluding hydrogens is 202 g/mol. The summed E-state index contributed by atoms with van der Waals surface area (Å²) in [6.07, 6.45) is 3.19. The second kappa shape index (κ2) is 3.47. The molecular formula is C9H17NO3S. The highest BCUT2D eigenvalue weighted by Crippen LogP contribution is 2.37. The Labute approximate surface area is 84.8 Å². The molecule has 2 rings (SSSR count). The Bertz CT molecular complexity index is 289. The lowest BCUT2D eigenvalue weighted by molar-refractivity contribution is -0.0239. The molecule has 82 valence electrons. The van der Waals surface area contributed by atoms with Crippen LogP contribution in [0.2, 0.25) is 0 Å². The summed E-state index contributed by atoms with van der Waals surface area (Å²) >= 11 is 0. The summed E-state index contributed by atoms with van der Waals surface area (Å²) in [7, 11) is -2.79. The fraction of sp³-hybridized carbons (Fsp3) is 1.00. The Morgan fingerprint density at radius 1 is 1.21 bits per heavy atom. The van der Waals surface area contributed by atoms with Gasteiger partial charge in [-0.2, -0.15) is 0 Å². The van der Waals surface area contributed by atoms with Crippen LogP contribution >= 0.6 is 0 Å². The standard InChI is InChI=1S/C9H17NO3S/c11-8-9(2-1-3-9)10-4-6-14(12,13)7-5-10/h11H,1-8H2. The first-order valence-corrected chi connectivity index (χ1v) is 6.97. The van der Waals surface area contributed by atoms with E-state index in [-0.39, 0.29) is 23.7 Å². The van der Waals surface area contributed by atoms with E-state index in [4.69, 9.17) is 0 Å². The SMILES string of the molecule is O=S1(=O)CCN(C2(CO)CCC2)CC1. The molecule has 0 spiro atoms.